The normalized spacial score (nSPS) is 18.6. The molecule has 0 unspecified atom stereocenters. The quantitative estimate of drug-likeness (QED) is 0.752. The minimum Gasteiger partial charge on any atom is -0.439 e. The summed E-state index contributed by atoms with van der Waals surface area (Å²) in [5.41, 5.74) is 2.75. The van der Waals surface area contributed by atoms with Crippen molar-refractivity contribution < 1.29 is 9.21 Å². The lowest BCUT2D eigenvalue weighted by molar-refractivity contribution is 0.208. The van der Waals surface area contributed by atoms with Crippen LogP contribution in [0.5, 0.6) is 0 Å². The van der Waals surface area contributed by atoms with Crippen LogP contribution >= 0.6 is 11.6 Å². The first-order valence-corrected chi connectivity index (χ1v) is 10.3. The van der Waals surface area contributed by atoms with Crippen LogP contribution in [0.4, 0.5) is 10.5 Å². The van der Waals surface area contributed by atoms with Crippen molar-refractivity contribution in [3.05, 3.63) is 22.5 Å². The molecule has 1 aliphatic carbocycles. The lowest BCUT2D eigenvalue weighted by atomic mass is 9.74. The van der Waals surface area contributed by atoms with E-state index in [1.54, 1.807) is 6.07 Å². The van der Waals surface area contributed by atoms with E-state index in [0.717, 1.165) is 61.7 Å². The average Bonchev–Trinajstić information content (AvgIpc) is 3.02. The van der Waals surface area contributed by atoms with E-state index in [2.05, 4.69) is 29.5 Å². The predicted molar refractivity (Wildman–Crippen MR) is 107 cm³/mol. The molecule has 1 aliphatic heterocycles. The molecule has 0 radical (unpaired) electrons. The second kappa shape index (κ2) is 7.32. The molecule has 0 saturated heterocycles. The Morgan fingerprint density at radius 3 is 2.85 bits per heavy atom. The number of nitrogens with one attached hydrogen (secondary N) is 2. The fourth-order valence-corrected chi connectivity index (χ4v) is 4.66. The van der Waals surface area contributed by atoms with Crippen LogP contribution in [-0.2, 0) is 12.1 Å². The predicted octanol–water partition coefficient (Wildman–Crippen LogP) is 5.01. The standard InChI is InChI=1S/C20H27ClN4O2/c1-3-4-10-25(2)12-15-22-14-11-13(21)17-16(18(14)27-15)20(24-19(26)23-17)8-6-5-7-9-20/h11H,3-10,12H2,1-2H3,(H2,23,24,26). The molecule has 2 heterocycles. The number of halogens is 1. The minimum absolute atomic E-state index is 0.190. The Bertz CT molecular complexity index is 857. The van der Waals surface area contributed by atoms with Crippen molar-refractivity contribution in [1.29, 1.82) is 0 Å². The van der Waals surface area contributed by atoms with Gasteiger partial charge in [-0.05, 0) is 38.9 Å². The zero-order valence-corrected chi connectivity index (χ0v) is 16.8. The number of amides is 2. The van der Waals surface area contributed by atoms with Crippen LogP contribution in [0.1, 0.15) is 63.3 Å². The monoisotopic (exact) mass is 390 g/mol. The summed E-state index contributed by atoms with van der Waals surface area (Å²) in [7, 11) is 2.08. The van der Waals surface area contributed by atoms with Gasteiger partial charge >= 0.3 is 6.03 Å². The number of rotatable bonds is 5. The highest BCUT2D eigenvalue weighted by Crippen LogP contribution is 2.48. The SMILES string of the molecule is CCCCN(C)Cc1nc2cc(Cl)c3c(c2o1)C1(CCCCC1)NC(=O)N3. The molecule has 1 fully saturated rings. The molecule has 7 heteroatoms. The molecule has 1 aromatic heterocycles. The fourth-order valence-electron chi connectivity index (χ4n) is 4.42. The number of nitrogens with zero attached hydrogens (tertiary/aromatic N) is 2. The van der Waals surface area contributed by atoms with Crippen molar-refractivity contribution in [2.75, 3.05) is 18.9 Å². The molecule has 0 atom stereocenters. The first kappa shape index (κ1) is 18.6. The van der Waals surface area contributed by atoms with Gasteiger partial charge in [-0.3, -0.25) is 4.90 Å². The average molecular weight is 391 g/mol. The van der Waals surface area contributed by atoms with Crippen LogP contribution in [0.2, 0.25) is 5.02 Å². The summed E-state index contributed by atoms with van der Waals surface area (Å²) in [4.78, 5) is 19.2. The summed E-state index contributed by atoms with van der Waals surface area (Å²) >= 11 is 6.54. The number of fused-ring (bicyclic) bond motifs is 4. The van der Waals surface area contributed by atoms with Gasteiger partial charge in [0.2, 0.25) is 5.89 Å². The van der Waals surface area contributed by atoms with E-state index in [9.17, 15) is 4.79 Å². The van der Waals surface area contributed by atoms with E-state index >= 15 is 0 Å². The molecule has 0 bridgehead atoms. The van der Waals surface area contributed by atoms with Crippen molar-refractivity contribution in [2.45, 2.75) is 64.0 Å². The van der Waals surface area contributed by atoms with Crippen LogP contribution in [0.15, 0.2) is 10.5 Å². The second-order valence-corrected chi connectivity index (χ2v) is 8.28. The summed E-state index contributed by atoms with van der Waals surface area (Å²) in [6.07, 6.45) is 7.45. The van der Waals surface area contributed by atoms with Crippen molar-refractivity contribution in [3.63, 3.8) is 0 Å². The Balaban J connectivity index is 1.78. The van der Waals surface area contributed by atoms with Gasteiger partial charge in [-0.1, -0.05) is 44.2 Å². The van der Waals surface area contributed by atoms with E-state index < -0.39 is 5.54 Å². The molecule has 2 N–H and O–H groups in total. The maximum absolute atomic E-state index is 12.3. The summed E-state index contributed by atoms with van der Waals surface area (Å²) in [5, 5.41) is 6.59. The van der Waals surface area contributed by atoms with Gasteiger partial charge in [-0.25, -0.2) is 9.78 Å². The van der Waals surface area contributed by atoms with E-state index in [1.165, 1.54) is 6.42 Å². The molecule has 2 aliphatic rings. The Kier molecular flexibility index (Phi) is 5.03. The van der Waals surface area contributed by atoms with Crippen LogP contribution in [0.25, 0.3) is 11.1 Å². The number of unbranched alkanes of at least 4 members (excludes halogenated alkanes) is 1. The number of anilines is 1. The molecule has 1 aromatic carbocycles. The highest BCUT2D eigenvalue weighted by molar-refractivity contribution is 6.35. The van der Waals surface area contributed by atoms with E-state index in [0.29, 0.717) is 23.1 Å². The number of urea groups is 1. The molecule has 27 heavy (non-hydrogen) atoms. The molecule has 2 amide bonds. The van der Waals surface area contributed by atoms with E-state index in [-0.39, 0.29) is 6.03 Å². The third-order valence-electron chi connectivity index (χ3n) is 5.75. The third-order valence-corrected chi connectivity index (χ3v) is 6.05. The summed E-state index contributed by atoms with van der Waals surface area (Å²) in [6, 6.07) is 1.61. The number of carbonyl (C=O) groups is 1. The van der Waals surface area contributed by atoms with Gasteiger partial charge < -0.3 is 15.1 Å². The first-order chi connectivity index (χ1) is 13.0. The second-order valence-electron chi connectivity index (χ2n) is 7.88. The zero-order chi connectivity index (χ0) is 19.0. The molecular formula is C20H27ClN4O2. The van der Waals surface area contributed by atoms with Crippen molar-refractivity contribution in [3.8, 4) is 0 Å². The molecule has 2 aromatic rings. The third kappa shape index (κ3) is 3.41. The number of oxazole rings is 1. The number of aromatic nitrogens is 1. The highest BCUT2D eigenvalue weighted by Gasteiger charge is 2.44. The molecular weight excluding hydrogens is 364 g/mol. The van der Waals surface area contributed by atoms with Crippen LogP contribution in [0.3, 0.4) is 0 Å². The topological polar surface area (TPSA) is 70.4 Å². The van der Waals surface area contributed by atoms with Gasteiger partial charge in [-0.15, -0.1) is 0 Å². The summed E-state index contributed by atoms with van der Waals surface area (Å²) in [6.45, 7) is 3.86. The maximum Gasteiger partial charge on any atom is 0.319 e. The van der Waals surface area contributed by atoms with Crippen LogP contribution in [0, 0.1) is 0 Å². The van der Waals surface area contributed by atoms with Gasteiger partial charge in [0, 0.05) is 5.56 Å². The van der Waals surface area contributed by atoms with E-state index in [4.69, 9.17) is 21.0 Å². The number of hydrogen-bond donors (Lipinski definition) is 2. The van der Waals surface area contributed by atoms with Gasteiger partial charge in [0.1, 0.15) is 5.52 Å². The summed E-state index contributed by atoms with van der Waals surface area (Å²) < 4.78 is 6.23. The van der Waals surface area contributed by atoms with E-state index in [1.807, 2.05) is 0 Å². The smallest absolute Gasteiger partial charge is 0.319 e. The summed E-state index contributed by atoms with van der Waals surface area (Å²) in [5.74, 6) is 0.691. The largest absolute Gasteiger partial charge is 0.439 e. The van der Waals surface area contributed by atoms with Crippen molar-refractivity contribution in [2.24, 2.45) is 0 Å². The Morgan fingerprint density at radius 2 is 2.11 bits per heavy atom. The highest BCUT2D eigenvalue weighted by atomic mass is 35.5. The molecule has 1 saturated carbocycles. The number of carbonyl (C=O) groups excluding carboxylic acids is 1. The molecule has 4 rings (SSSR count). The lowest BCUT2D eigenvalue weighted by Gasteiger charge is -2.42. The number of hydrogen-bond acceptors (Lipinski definition) is 4. The Morgan fingerprint density at radius 1 is 1.33 bits per heavy atom. The fraction of sp³-hybridized carbons (Fsp3) is 0.600. The first-order valence-electron chi connectivity index (χ1n) is 9.92. The van der Waals surface area contributed by atoms with Gasteiger partial charge in [0.15, 0.2) is 5.58 Å². The number of benzene rings is 1. The molecule has 1 spiro atoms. The molecule has 146 valence electrons. The molecule has 6 nitrogen and oxygen atoms in total. The minimum atomic E-state index is -0.413. The Labute approximate surface area is 164 Å². The van der Waals surface area contributed by atoms with Crippen molar-refractivity contribution >= 4 is 34.4 Å². The van der Waals surface area contributed by atoms with Crippen molar-refractivity contribution in [1.82, 2.24) is 15.2 Å². The van der Waals surface area contributed by atoms with Crippen LogP contribution < -0.4 is 10.6 Å². The van der Waals surface area contributed by atoms with Gasteiger partial charge in [0.25, 0.3) is 0 Å². The van der Waals surface area contributed by atoms with Gasteiger partial charge in [-0.2, -0.15) is 0 Å². The zero-order valence-electron chi connectivity index (χ0n) is 16.0. The van der Waals surface area contributed by atoms with Crippen LogP contribution in [-0.4, -0.2) is 29.5 Å². The Hall–Kier alpha value is -1.79. The lowest BCUT2D eigenvalue weighted by Crippen LogP contribution is -2.52. The maximum atomic E-state index is 12.3. The van der Waals surface area contributed by atoms with Gasteiger partial charge in [0.05, 0.1) is 22.8 Å².